The number of nitrogens with two attached hydrogens (primary N) is 1. The van der Waals surface area contributed by atoms with Gasteiger partial charge in [0.05, 0.1) is 5.56 Å². The molecule has 21 heavy (non-hydrogen) atoms. The van der Waals surface area contributed by atoms with Gasteiger partial charge in [0.2, 0.25) is 0 Å². The average molecular weight is 379 g/mol. The summed E-state index contributed by atoms with van der Waals surface area (Å²) in [6.45, 7) is 0. The molecule has 9 heteroatoms. The van der Waals surface area contributed by atoms with Gasteiger partial charge in [-0.3, -0.25) is 11.3 Å². The number of benzene rings is 1. The Balaban J connectivity index is 2.89. The van der Waals surface area contributed by atoms with E-state index in [0.717, 1.165) is 12.1 Å². The van der Waals surface area contributed by atoms with Crippen molar-refractivity contribution in [1.82, 2.24) is 5.43 Å². The summed E-state index contributed by atoms with van der Waals surface area (Å²) in [7, 11) is 0. The van der Waals surface area contributed by atoms with E-state index in [9.17, 15) is 26.3 Å². The van der Waals surface area contributed by atoms with Gasteiger partial charge in [-0.25, -0.2) is 0 Å². The third kappa shape index (κ3) is 5.84. The van der Waals surface area contributed by atoms with E-state index in [1.807, 2.05) is 0 Å². The van der Waals surface area contributed by atoms with E-state index in [1.165, 1.54) is 6.07 Å². The first kappa shape index (κ1) is 18.2. The molecule has 3 N–H and O–H groups in total. The first-order valence-electron chi connectivity index (χ1n) is 5.94. The van der Waals surface area contributed by atoms with Crippen LogP contribution in [0.1, 0.15) is 36.4 Å². The summed E-state index contributed by atoms with van der Waals surface area (Å²) in [6, 6.07) is 2.16. The van der Waals surface area contributed by atoms with Crippen LogP contribution in [0.2, 0.25) is 0 Å². The predicted molar refractivity (Wildman–Crippen MR) is 69.1 cm³/mol. The highest BCUT2D eigenvalue weighted by Gasteiger charge is 2.32. The molecule has 0 aliphatic heterocycles. The molecular weight excluding hydrogens is 366 g/mol. The number of hydrogen-bond donors (Lipinski definition) is 2. The first-order valence-corrected chi connectivity index (χ1v) is 6.73. The Morgan fingerprint density at radius 3 is 2.24 bits per heavy atom. The molecule has 1 rings (SSSR count). The van der Waals surface area contributed by atoms with Crippen molar-refractivity contribution >= 4 is 15.9 Å². The van der Waals surface area contributed by atoms with Gasteiger partial charge < -0.3 is 0 Å². The van der Waals surface area contributed by atoms with E-state index in [-0.39, 0.29) is 18.4 Å². The lowest BCUT2D eigenvalue weighted by Crippen LogP contribution is -2.29. The van der Waals surface area contributed by atoms with Crippen LogP contribution in [0.25, 0.3) is 0 Å². The summed E-state index contributed by atoms with van der Waals surface area (Å²) in [6.07, 6.45) is -10.1. The van der Waals surface area contributed by atoms with Crippen LogP contribution in [-0.2, 0) is 6.18 Å². The largest absolute Gasteiger partial charge is 0.416 e. The molecule has 1 atom stereocenters. The minimum atomic E-state index is -4.53. The van der Waals surface area contributed by atoms with Crippen LogP contribution in [-0.4, -0.2) is 6.18 Å². The van der Waals surface area contributed by atoms with Crippen LogP contribution < -0.4 is 11.3 Å². The van der Waals surface area contributed by atoms with Gasteiger partial charge in [0, 0.05) is 16.9 Å². The molecule has 120 valence electrons. The zero-order valence-electron chi connectivity index (χ0n) is 10.7. The van der Waals surface area contributed by atoms with Gasteiger partial charge in [-0.15, -0.1) is 0 Å². The van der Waals surface area contributed by atoms with E-state index in [4.69, 9.17) is 5.84 Å². The number of rotatable bonds is 5. The number of alkyl halides is 6. The highest BCUT2D eigenvalue weighted by atomic mass is 79.9. The molecule has 2 nitrogen and oxygen atoms in total. The van der Waals surface area contributed by atoms with Crippen molar-refractivity contribution in [2.24, 2.45) is 5.84 Å². The Bertz CT molecular complexity index is 472. The summed E-state index contributed by atoms with van der Waals surface area (Å²) >= 11 is 3.08. The topological polar surface area (TPSA) is 38.0 Å². The summed E-state index contributed by atoms with van der Waals surface area (Å²) in [4.78, 5) is 0. The van der Waals surface area contributed by atoms with E-state index >= 15 is 0 Å². The van der Waals surface area contributed by atoms with Gasteiger partial charge in [-0.05, 0) is 36.6 Å². The van der Waals surface area contributed by atoms with Crippen LogP contribution in [0.4, 0.5) is 26.3 Å². The van der Waals surface area contributed by atoms with Gasteiger partial charge in [0.1, 0.15) is 0 Å². The molecule has 1 aromatic carbocycles. The Morgan fingerprint density at radius 2 is 1.76 bits per heavy atom. The second-order valence-electron chi connectivity index (χ2n) is 4.46. The Kier molecular flexibility index (Phi) is 6.06. The maximum atomic E-state index is 12.7. The van der Waals surface area contributed by atoms with Crippen LogP contribution in [0.5, 0.6) is 0 Å². The number of nitrogens with one attached hydrogen (secondary N) is 1. The molecule has 0 spiro atoms. The fourth-order valence-corrected chi connectivity index (χ4v) is 2.35. The number of hydrogen-bond acceptors (Lipinski definition) is 2. The third-order valence-corrected chi connectivity index (χ3v) is 3.58. The van der Waals surface area contributed by atoms with Crippen LogP contribution in [0, 0.1) is 0 Å². The van der Waals surface area contributed by atoms with Gasteiger partial charge in [-0.1, -0.05) is 15.9 Å². The maximum absolute atomic E-state index is 12.7. The summed E-state index contributed by atoms with van der Waals surface area (Å²) in [5, 5.41) is 0. The molecule has 0 radical (unpaired) electrons. The van der Waals surface area contributed by atoms with E-state index in [0.29, 0.717) is 4.47 Å². The molecule has 0 saturated carbocycles. The lowest BCUT2D eigenvalue weighted by Gasteiger charge is -2.20. The molecule has 0 bridgehead atoms. The molecule has 0 fully saturated rings. The van der Waals surface area contributed by atoms with Crippen molar-refractivity contribution in [2.45, 2.75) is 37.7 Å². The van der Waals surface area contributed by atoms with Crippen molar-refractivity contribution < 1.29 is 26.3 Å². The quantitative estimate of drug-likeness (QED) is 0.442. The second kappa shape index (κ2) is 6.97. The van der Waals surface area contributed by atoms with E-state index < -0.39 is 30.4 Å². The van der Waals surface area contributed by atoms with Crippen molar-refractivity contribution in [3.05, 3.63) is 33.8 Å². The average Bonchev–Trinajstić information content (AvgIpc) is 2.33. The van der Waals surface area contributed by atoms with Gasteiger partial charge in [0.15, 0.2) is 0 Å². The summed E-state index contributed by atoms with van der Waals surface area (Å²) < 4.78 is 74.6. The zero-order chi connectivity index (χ0) is 16.3. The van der Waals surface area contributed by atoms with Crippen LogP contribution >= 0.6 is 15.9 Å². The summed E-state index contributed by atoms with van der Waals surface area (Å²) in [5.74, 6) is 5.25. The lowest BCUT2D eigenvalue weighted by molar-refractivity contribution is -0.137. The van der Waals surface area contributed by atoms with Crippen molar-refractivity contribution in [2.75, 3.05) is 0 Å². The van der Waals surface area contributed by atoms with Crippen molar-refractivity contribution in [1.29, 1.82) is 0 Å². The molecule has 0 heterocycles. The number of hydrazine groups is 1. The normalized spacial score (nSPS) is 14.3. The molecule has 1 aromatic rings. The smallest absolute Gasteiger partial charge is 0.271 e. The molecular formula is C12H13BrF6N2. The SMILES string of the molecule is NNC(CCCC(F)(F)F)c1cc(C(F)(F)F)ccc1Br. The first-order chi connectivity index (χ1) is 9.54. The highest BCUT2D eigenvalue weighted by Crippen LogP contribution is 2.35. The molecule has 0 aromatic heterocycles. The van der Waals surface area contributed by atoms with E-state index in [1.54, 1.807) is 0 Å². The standard InChI is InChI=1S/C12H13BrF6N2/c13-9-4-3-7(12(17,18)19)6-8(9)10(21-20)2-1-5-11(14,15)16/h3-4,6,10,21H,1-2,5,20H2. The van der Waals surface area contributed by atoms with Gasteiger partial charge in [0.25, 0.3) is 0 Å². The monoisotopic (exact) mass is 378 g/mol. The van der Waals surface area contributed by atoms with Crippen LogP contribution in [0.3, 0.4) is 0 Å². The Hall–Kier alpha value is -0.800. The second-order valence-corrected chi connectivity index (χ2v) is 5.32. The minimum Gasteiger partial charge on any atom is -0.271 e. The van der Waals surface area contributed by atoms with Gasteiger partial charge in [-0.2, -0.15) is 26.3 Å². The zero-order valence-corrected chi connectivity index (χ0v) is 12.2. The molecule has 1 unspecified atom stereocenters. The Labute approximate surface area is 125 Å². The molecule has 0 aliphatic carbocycles. The minimum absolute atomic E-state index is 0.0318. The number of halogens is 7. The predicted octanol–water partition coefficient (Wildman–Crippen LogP) is 4.70. The van der Waals surface area contributed by atoms with Crippen molar-refractivity contribution in [3.63, 3.8) is 0 Å². The lowest BCUT2D eigenvalue weighted by atomic mass is 9.99. The summed E-state index contributed by atoms with van der Waals surface area (Å²) in [5.41, 5.74) is 1.56. The fraction of sp³-hybridized carbons (Fsp3) is 0.500. The maximum Gasteiger partial charge on any atom is 0.416 e. The van der Waals surface area contributed by atoms with Crippen molar-refractivity contribution in [3.8, 4) is 0 Å². The van der Waals surface area contributed by atoms with E-state index in [2.05, 4.69) is 21.4 Å². The van der Waals surface area contributed by atoms with Gasteiger partial charge >= 0.3 is 12.4 Å². The third-order valence-electron chi connectivity index (χ3n) is 2.85. The molecule has 0 saturated heterocycles. The fourth-order valence-electron chi connectivity index (χ4n) is 1.82. The molecule has 0 amide bonds. The molecule has 0 aliphatic rings. The van der Waals surface area contributed by atoms with Crippen LogP contribution in [0.15, 0.2) is 22.7 Å². The Morgan fingerprint density at radius 1 is 1.14 bits per heavy atom. The highest BCUT2D eigenvalue weighted by molar-refractivity contribution is 9.10.